The van der Waals surface area contributed by atoms with Crippen molar-refractivity contribution in [3.63, 3.8) is 0 Å². The average Bonchev–Trinajstić information content (AvgIpc) is 2.15. The minimum absolute atomic E-state index is 0.0556. The second-order valence-electron chi connectivity index (χ2n) is 4.15. The molecular weight excluding hydrogens is 152 g/mol. The molecule has 0 saturated heterocycles. The Bertz CT molecular complexity index is 338. The minimum atomic E-state index is -0.122. The Kier molecular flexibility index (Phi) is 1.90. The van der Waals surface area contributed by atoms with Crippen LogP contribution in [0.1, 0.15) is 26.5 Å². The molecule has 0 spiro atoms. The van der Waals surface area contributed by atoms with Crippen molar-refractivity contribution in [3.05, 3.63) is 22.4 Å². The number of nitrogens with zero attached hydrogens (tertiary/aromatic N) is 2. The third-order valence-electron chi connectivity index (χ3n) is 2.06. The number of hydrogen-bond acceptors (Lipinski definition) is 1. The highest BCUT2D eigenvalue weighted by molar-refractivity contribution is 4.99. The largest absolute Gasteiger partial charge is 0.328 e. The highest BCUT2D eigenvalue weighted by Gasteiger charge is 2.16. The van der Waals surface area contributed by atoms with Gasteiger partial charge in [-0.25, -0.2) is 4.79 Å². The van der Waals surface area contributed by atoms with Gasteiger partial charge in [0.25, 0.3) is 0 Å². The second-order valence-corrected chi connectivity index (χ2v) is 4.15. The van der Waals surface area contributed by atoms with Crippen LogP contribution in [0.15, 0.2) is 11.0 Å². The number of aryl methyl sites for hydroxylation is 1. The van der Waals surface area contributed by atoms with Gasteiger partial charge in [0, 0.05) is 24.5 Å². The van der Waals surface area contributed by atoms with Gasteiger partial charge >= 0.3 is 5.69 Å². The molecule has 0 aliphatic heterocycles. The maximum atomic E-state index is 11.6. The average molecular weight is 168 g/mol. The Hall–Kier alpha value is -0.990. The summed E-state index contributed by atoms with van der Waals surface area (Å²) in [6.45, 7) is 8.00. The van der Waals surface area contributed by atoms with E-state index < -0.39 is 0 Å². The molecule has 0 bridgehead atoms. The van der Waals surface area contributed by atoms with E-state index in [1.807, 2.05) is 33.9 Å². The summed E-state index contributed by atoms with van der Waals surface area (Å²) >= 11 is 0. The van der Waals surface area contributed by atoms with Crippen molar-refractivity contribution in [2.75, 3.05) is 0 Å². The third kappa shape index (κ3) is 1.31. The van der Waals surface area contributed by atoms with Gasteiger partial charge in [0.1, 0.15) is 0 Å². The van der Waals surface area contributed by atoms with Gasteiger partial charge < -0.3 is 0 Å². The SMILES string of the molecule is Cc1cn(C(C)(C)C)c(=O)n1C. The zero-order valence-corrected chi connectivity index (χ0v) is 8.38. The van der Waals surface area contributed by atoms with Crippen LogP contribution < -0.4 is 5.69 Å². The summed E-state index contributed by atoms with van der Waals surface area (Å²) in [6, 6.07) is 0. The third-order valence-corrected chi connectivity index (χ3v) is 2.06. The summed E-state index contributed by atoms with van der Waals surface area (Å²) in [6.07, 6.45) is 1.89. The Morgan fingerprint density at radius 3 is 2.00 bits per heavy atom. The molecule has 0 aromatic carbocycles. The Morgan fingerprint density at radius 2 is 1.83 bits per heavy atom. The molecule has 0 saturated carbocycles. The van der Waals surface area contributed by atoms with E-state index in [1.165, 1.54) is 0 Å². The topological polar surface area (TPSA) is 26.9 Å². The molecule has 1 rings (SSSR count). The van der Waals surface area contributed by atoms with Crippen molar-refractivity contribution in [1.82, 2.24) is 9.13 Å². The van der Waals surface area contributed by atoms with Crippen LogP contribution >= 0.6 is 0 Å². The van der Waals surface area contributed by atoms with Gasteiger partial charge in [-0.15, -0.1) is 0 Å². The number of rotatable bonds is 0. The molecular formula is C9H16N2O. The molecule has 1 aromatic heterocycles. The van der Waals surface area contributed by atoms with Crippen LogP contribution in [0.25, 0.3) is 0 Å². The van der Waals surface area contributed by atoms with E-state index in [2.05, 4.69) is 0 Å². The highest BCUT2D eigenvalue weighted by atomic mass is 16.1. The monoisotopic (exact) mass is 168 g/mol. The Labute approximate surface area is 72.6 Å². The fourth-order valence-corrected chi connectivity index (χ4v) is 1.12. The molecule has 1 aromatic rings. The van der Waals surface area contributed by atoms with Crippen LogP contribution in [0, 0.1) is 6.92 Å². The lowest BCUT2D eigenvalue weighted by Crippen LogP contribution is -2.33. The fraction of sp³-hybridized carbons (Fsp3) is 0.667. The van der Waals surface area contributed by atoms with Crippen LogP contribution in [0.4, 0.5) is 0 Å². The summed E-state index contributed by atoms with van der Waals surface area (Å²) < 4.78 is 3.41. The Morgan fingerprint density at radius 1 is 1.33 bits per heavy atom. The molecule has 0 fully saturated rings. The molecule has 0 aliphatic rings. The van der Waals surface area contributed by atoms with Gasteiger partial charge in [0.15, 0.2) is 0 Å². The summed E-state index contributed by atoms with van der Waals surface area (Å²) in [4.78, 5) is 11.6. The number of imidazole rings is 1. The second kappa shape index (κ2) is 2.51. The van der Waals surface area contributed by atoms with Crippen LogP contribution in [0.2, 0.25) is 0 Å². The van der Waals surface area contributed by atoms with Gasteiger partial charge in [0.05, 0.1) is 0 Å². The first kappa shape index (κ1) is 9.10. The summed E-state index contributed by atoms with van der Waals surface area (Å²) in [5, 5.41) is 0. The standard InChI is InChI=1S/C9H16N2O/c1-7-6-11(9(2,3)4)8(12)10(7)5/h6H,1-5H3. The van der Waals surface area contributed by atoms with Crippen LogP contribution in [0.5, 0.6) is 0 Å². The van der Waals surface area contributed by atoms with E-state index in [4.69, 9.17) is 0 Å². The Balaban J connectivity index is 3.38. The molecule has 0 radical (unpaired) electrons. The molecule has 3 heteroatoms. The fourth-order valence-electron chi connectivity index (χ4n) is 1.12. The summed E-state index contributed by atoms with van der Waals surface area (Å²) in [7, 11) is 1.79. The van der Waals surface area contributed by atoms with Gasteiger partial charge in [-0.3, -0.25) is 9.13 Å². The minimum Gasteiger partial charge on any atom is -0.300 e. The van der Waals surface area contributed by atoms with Crippen molar-refractivity contribution in [3.8, 4) is 0 Å². The van der Waals surface area contributed by atoms with E-state index in [0.717, 1.165) is 5.69 Å². The predicted molar refractivity (Wildman–Crippen MR) is 49.4 cm³/mol. The molecule has 0 aliphatic carbocycles. The summed E-state index contributed by atoms with van der Waals surface area (Å²) in [5.74, 6) is 0. The first-order valence-corrected chi connectivity index (χ1v) is 4.09. The first-order valence-electron chi connectivity index (χ1n) is 4.09. The molecule has 0 atom stereocenters. The zero-order chi connectivity index (χ0) is 9.52. The molecule has 68 valence electrons. The molecule has 1 heterocycles. The lowest BCUT2D eigenvalue weighted by atomic mass is 10.1. The molecule has 0 unspecified atom stereocenters. The van der Waals surface area contributed by atoms with Crippen molar-refractivity contribution in [2.24, 2.45) is 7.05 Å². The maximum absolute atomic E-state index is 11.6. The summed E-state index contributed by atoms with van der Waals surface area (Å²) in [5.41, 5.74) is 0.929. The van der Waals surface area contributed by atoms with Crippen LogP contribution in [0.3, 0.4) is 0 Å². The van der Waals surface area contributed by atoms with E-state index in [-0.39, 0.29) is 11.2 Å². The number of aromatic nitrogens is 2. The lowest BCUT2D eigenvalue weighted by molar-refractivity contribution is 0.381. The van der Waals surface area contributed by atoms with Gasteiger partial charge in [-0.05, 0) is 27.7 Å². The van der Waals surface area contributed by atoms with Gasteiger partial charge in [-0.2, -0.15) is 0 Å². The van der Waals surface area contributed by atoms with Gasteiger partial charge in [0.2, 0.25) is 0 Å². The van der Waals surface area contributed by atoms with E-state index in [0.29, 0.717) is 0 Å². The van der Waals surface area contributed by atoms with Crippen LogP contribution in [-0.2, 0) is 12.6 Å². The smallest absolute Gasteiger partial charge is 0.300 e. The molecule has 0 N–H and O–H groups in total. The number of hydrogen-bond donors (Lipinski definition) is 0. The lowest BCUT2D eigenvalue weighted by Gasteiger charge is -2.18. The maximum Gasteiger partial charge on any atom is 0.328 e. The van der Waals surface area contributed by atoms with Crippen LogP contribution in [-0.4, -0.2) is 9.13 Å². The van der Waals surface area contributed by atoms with E-state index in [9.17, 15) is 4.79 Å². The van der Waals surface area contributed by atoms with Crippen molar-refractivity contribution >= 4 is 0 Å². The predicted octanol–water partition coefficient (Wildman–Crippen LogP) is 1.25. The molecule has 3 nitrogen and oxygen atoms in total. The quantitative estimate of drug-likeness (QED) is 0.572. The highest BCUT2D eigenvalue weighted by Crippen LogP contribution is 2.11. The van der Waals surface area contributed by atoms with E-state index in [1.54, 1.807) is 16.2 Å². The molecule has 0 amide bonds. The first-order chi connectivity index (χ1) is 5.34. The van der Waals surface area contributed by atoms with Crippen molar-refractivity contribution in [2.45, 2.75) is 33.2 Å². The van der Waals surface area contributed by atoms with Crippen molar-refractivity contribution in [1.29, 1.82) is 0 Å². The zero-order valence-electron chi connectivity index (χ0n) is 8.38. The van der Waals surface area contributed by atoms with Gasteiger partial charge in [-0.1, -0.05) is 0 Å². The normalized spacial score (nSPS) is 12.1. The van der Waals surface area contributed by atoms with Crippen molar-refractivity contribution < 1.29 is 0 Å². The molecule has 12 heavy (non-hydrogen) atoms. The van der Waals surface area contributed by atoms with E-state index >= 15 is 0 Å².